The first-order chi connectivity index (χ1) is 13.3. The van der Waals surface area contributed by atoms with Crippen LogP contribution < -0.4 is 5.49 Å². The summed E-state index contributed by atoms with van der Waals surface area (Å²) < 4.78 is 2.05. The zero-order chi connectivity index (χ0) is 20.6. The van der Waals surface area contributed by atoms with Gasteiger partial charge in [-0.1, -0.05) is 11.8 Å². The third-order valence-corrected chi connectivity index (χ3v) is 6.86. The van der Waals surface area contributed by atoms with Crippen molar-refractivity contribution in [2.45, 2.75) is 71.0 Å². The zero-order valence-corrected chi connectivity index (χ0v) is 18.3. The SMILES string of the molecule is C#CCCCn1c(C)nc(=N)c2[nH]c(Sc3c(C)c(C)c(C)c(C)c3C)nc21. The molecule has 28 heavy (non-hydrogen) atoms. The van der Waals surface area contributed by atoms with E-state index < -0.39 is 0 Å². The molecule has 2 heterocycles. The lowest BCUT2D eigenvalue weighted by molar-refractivity contribution is 0.632. The first-order valence-electron chi connectivity index (χ1n) is 9.46. The summed E-state index contributed by atoms with van der Waals surface area (Å²) in [5.41, 5.74) is 8.24. The number of fused-ring (bicyclic) bond motifs is 1. The topological polar surface area (TPSA) is 70.3 Å². The van der Waals surface area contributed by atoms with Gasteiger partial charge in [-0.15, -0.1) is 12.3 Å². The first kappa shape index (κ1) is 20.2. The molecule has 0 aliphatic rings. The van der Waals surface area contributed by atoms with E-state index in [9.17, 15) is 0 Å². The van der Waals surface area contributed by atoms with Gasteiger partial charge in [-0.2, -0.15) is 0 Å². The molecule has 0 spiro atoms. The molecule has 0 unspecified atom stereocenters. The van der Waals surface area contributed by atoms with Crippen LogP contribution in [-0.4, -0.2) is 19.5 Å². The maximum Gasteiger partial charge on any atom is 0.174 e. The fourth-order valence-corrected chi connectivity index (χ4v) is 4.60. The van der Waals surface area contributed by atoms with Gasteiger partial charge < -0.3 is 9.55 Å². The molecule has 6 heteroatoms. The molecule has 3 rings (SSSR count). The van der Waals surface area contributed by atoms with Crippen LogP contribution in [0, 0.1) is 59.3 Å². The molecule has 0 amide bonds. The second-order valence-electron chi connectivity index (χ2n) is 7.26. The van der Waals surface area contributed by atoms with Crippen LogP contribution in [-0.2, 0) is 6.54 Å². The van der Waals surface area contributed by atoms with Gasteiger partial charge in [0, 0.05) is 17.9 Å². The summed E-state index contributed by atoms with van der Waals surface area (Å²) in [6.45, 7) is 13.5. The maximum absolute atomic E-state index is 8.25. The smallest absolute Gasteiger partial charge is 0.174 e. The minimum absolute atomic E-state index is 0.227. The largest absolute Gasteiger partial charge is 0.328 e. The zero-order valence-electron chi connectivity index (χ0n) is 17.4. The van der Waals surface area contributed by atoms with E-state index in [0.29, 0.717) is 11.9 Å². The van der Waals surface area contributed by atoms with Crippen molar-refractivity contribution in [3.8, 4) is 12.3 Å². The number of hydrogen-bond acceptors (Lipinski definition) is 4. The average Bonchev–Trinajstić information content (AvgIpc) is 3.09. The van der Waals surface area contributed by atoms with Gasteiger partial charge in [-0.25, -0.2) is 9.97 Å². The van der Waals surface area contributed by atoms with Gasteiger partial charge >= 0.3 is 0 Å². The van der Waals surface area contributed by atoms with Gasteiger partial charge in [0.05, 0.1) is 0 Å². The summed E-state index contributed by atoms with van der Waals surface area (Å²) in [5, 5.41) is 9.04. The fourth-order valence-electron chi connectivity index (χ4n) is 3.51. The lowest BCUT2D eigenvalue weighted by Gasteiger charge is -2.17. The van der Waals surface area contributed by atoms with Crippen LogP contribution in [0.15, 0.2) is 10.1 Å². The Morgan fingerprint density at radius 3 is 2.21 bits per heavy atom. The molecule has 0 radical (unpaired) electrons. The number of imidazole rings is 1. The molecular formula is C22H27N5S. The van der Waals surface area contributed by atoms with Crippen LogP contribution in [0.2, 0.25) is 0 Å². The predicted octanol–water partition coefficient (Wildman–Crippen LogP) is 4.65. The van der Waals surface area contributed by atoms with Gasteiger partial charge in [-0.05, 0) is 75.8 Å². The number of aryl methyl sites for hydroxylation is 2. The van der Waals surface area contributed by atoms with Crippen molar-refractivity contribution in [3.63, 3.8) is 0 Å². The molecule has 2 aromatic heterocycles. The Kier molecular flexibility index (Phi) is 5.66. The second kappa shape index (κ2) is 7.84. The van der Waals surface area contributed by atoms with E-state index in [4.69, 9.17) is 16.8 Å². The number of H-pyrrole nitrogens is 1. The van der Waals surface area contributed by atoms with Gasteiger partial charge in [-0.3, -0.25) is 5.41 Å². The lowest BCUT2D eigenvalue weighted by atomic mass is 9.95. The summed E-state index contributed by atoms with van der Waals surface area (Å²) in [6.07, 6.45) is 6.96. The standard InChI is InChI=1S/C22H27N5S/c1-8-9-10-11-27-17(7)24-20(23)18-21(27)26-22(25-18)28-19-15(5)13(3)12(2)14(4)16(19)6/h1,23H,9-11H2,2-7H3,(H,25,26). The summed E-state index contributed by atoms with van der Waals surface area (Å²) in [7, 11) is 0. The first-order valence-corrected chi connectivity index (χ1v) is 10.3. The Morgan fingerprint density at radius 2 is 1.61 bits per heavy atom. The fraction of sp³-hybridized carbons (Fsp3) is 0.409. The molecule has 1 aromatic carbocycles. The van der Waals surface area contributed by atoms with E-state index in [0.717, 1.165) is 29.6 Å². The van der Waals surface area contributed by atoms with Crippen molar-refractivity contribution >= 4 is 22.9 Å². The summed E-state index contributed by atoms with van der Waals surface area (Å²) in [5.74, 6) is 3.46. The van der Waals surface area contributed by atoms with Crippen molar-refractivity contribution in [2.75, 3.05) is 0 Å². The van der Waals surface area contributed by atoms with Crippen LogP contribution in [0.3, 0.4) is 0 Å². The number of hydrogen-bond donors (Lipinski definition) is 2. The third kappa shape index (κ3) is 3.47. The Morgan fingerprint density at radius 1 is 1.00 bits per heavy atom. The highest BCUT2D eigenvalue weighted by atomic mass is 32.2. The number of unbranched alkanes of at least 4 members (excludes halogenated alkanes) is 1. The van der Waals surface area contributed by atoms with E-state index >= 15 is 0 Å². The van der Waals surface area contributed by atoms with Crippen LogP contribution in [0.5, 0.6) is 0 Å². The Balaban J connectivity index is 2.10. The van der Waals surface area contributed by atoms with E-state index in [-0.39, 0.29) is 5.49 Å². The highest BCUT2D eigenvalue weighted by Crippen LogP contribution is 2.36. The molecule has 0 atom stereocenters. The van der Waals surface area contributed by atoms with E-state index in [1.54, 1.807) is 11.8 Å². The molecular weight excluding hydrogens is 366 g/mol. The number of aromatic amines is 1. The van der Waals surface area contributed by atoms with Crippen molar-refractivity contribution in [2.24, 2.45) is 0 Å². The Labute approximate surface area is 170 Å². The molecule has 0 saturated carbocycles. The number of benzene rings is 1. The molecule has 3 aromatic rings. The van der Waals surface area contributed by atoms with Gasteiger partial charge in [0.15, 0.2) is 16.3 Å². The quantitative estimate of drug-likeness (QED) is 0.489. The minimum atomic E-state index is 0.227. The molecule has 5 nitrogen and oxygen atoms in total. The van der Waals surface area contributed by atoms with E-state index in [1.165, 1.54) is 32.7 Å². The summed E-state index contributed by atoms with van der Waals surface area (Å²) in [4.78, 5) is 13.8. The minimum Gasteiger partial charge on any atom is -0.328 e. The van der Waals surface area contributed by atoms with E-state index in [2.05, 4.69) is 55.1 Å². The maximum atomic E-state index is 8.25. The van der Waals surface area contributed by atoms with Crippen LogP contribution in [0.4, 0.5) is 0 Å². The number of terminal acetylenes is 1. The highest BCUT2D eigenvalue weighted by Gasteiger charge is 2.17. The Bertz CT molecular complexity index is 1130. The normalized spacial score (nSPS) is 11.2. The third-order valence-electron chi connectivity index (χ3n) is 5.65. The molecule has 0 aliphatic carbocycles. The van der Waals surface area contributed by atoms with Crippen molar-refractivity contribution in [1.29, 1.82) is 5.41 Å². The predicted molar refractivity (Wildman–Crippen MR) is 115 cm³/mol. The van der Waals surface area contributed by atoms with E-state index in [1.807, 2.05) is 6.92 Å². The molecule has 2 N–H and O–H groups in total. The highest BCUT2D eigenvalue weighted by molar-refractivity contribution is 7.99. The molecule has 146 valence electrons. The average molecular weight is 394 g/mol. The van der Waals surface area contributed by atoms with Gasteiger partial charge in [0.2, 0.25) is 0 Å². The van der Waals surface area contributed by atoms with Crippen LogP contribution >= 0.6 is 11.8 Å². The van der Waals surface area contributed by atoms with Crippen molar-refractivity contribution in [1.82, 2.24) is 19.5 Å². The molecule has 0 saturated heterocycles. The number of rotatable bonds is 5. The van der Waals surface area contributed by atoms with Crippen molar-refractivity contribution < 1.29 is 0 Å². The number of aromatic nitrogens is 4. The van der Waals surface area contributed by atoms with Crippen molar-refractivity contribution in [3.05, 3.63) is 39.1 Å². The number of nitrogens with zero attached hydrogens (tertiary/aromatic N) is 3. The number of nitrogens with one attached hydrogen (secondary N) is 2. The Hall–Kier alpha value is -2.52. The summed E-state index contributed by atoms with van der Waals surface area (Å²) in [6, 6.07) is 0. The van der Waals surface area contributed by atoms with Crippen LogP contribution in [0.25, 0.3) is 11.2 Å². The van der Waals surface area contributed by atoms with Gasteiger partial charge in [0.25, 0.3) is 0 Å². The molecule has 0 fully saturated rings. The second-order valence-corrected chi connectivity index (χ2v) is 8.26. The van der Waals surface area contributed by atoms with Gasteiger partial charge in [0.1, 0.15) is 11.3 Å². The molecule has 0 aliphatic heterocycles. The van der Waals surface area contributed by atoms with Crippen LogP contribution in [0.1, 0.15) is 46.5 Å². The monoisotopic (exact) mass is 393 g/mol. The lowest BCUT2D eigenvalue weighted by Crippen LogP contribution is -2.17. The molecule has 0 bridgehead atoms. The summed E-state index contributed by atoms with van der Waals surface area (Å²) >= 11 is 1.63.